The third-order valence-corrected chi connectivity index (χ3v) is 3.14. The fourth-order valence-corrected chi connectivity index (χ4v) is 2.20. The van der Waals surface area contributed by atoms with Gasteiger partial charge in [0.25, 0.3) is 5.92 Å². The third kappa shape index (κ3) is 2.82. The second kappa shape index (κ2) is 4.90. The van der Waals surface area contributed by atoms with Gasteiger partial charge in [0.15, 0.2) is 5.82 Å². The van der Waals surface area contributed by atoms with Crippen molar-refractivity contribution >= 4 is 0 Å². The quantitative estimate of drug-likeness (QED) is 0.940. The van der Waals surface area contributed by atoms with E-state index in [4.69, 9.17) is 4.52 Å². The number of nitrogens with one attached hydrogen (secondary N) is 1. The van der Waals surface area contributed by atoms with Crippen molar-refractivity contribution in [1.29, 1.82) is 0 Å². The van der Waals surface area contributed by atoms with Crippen molar-refractivity contribution in [2.75, 3.05) is 6.54 Å². The maximum Gasteiger partial charge on any atom is 0.262 e. The number of rotatable bonds is 3. The standard InChI is InChI=1S/C13H12F3N3O/c14-9-3-1-2-8(4-9)5-11-18-12(20-19-11)10-6-13(15,16)7-17-10/h1-4,10,17H,5-7H2. The Balaban J connectivity index is 1.71. The van der Waals surface area contributed by atoms with Crippen LogP contribution in [-0.4, -0.2) is 22.6 Å². The Morgan fingerprint density at radius 2 is 2.25 bits per heavy atom. The van der Waals surface area contributed by atoms with Crippen LogP contribution >= 0.6 is 0 Å². The van der Waals surface area contributed by atoms with E-state index in [1.807, 2.05) is 0 Å². The van der Waals surface area contributed by atoms with Crippen molar-refractivity contribution in [3.63, 3.8) is 0 Å². The van der Waals surface area contributed by atoms with Gasteiger partial charge in [0, 0.05) is 12.8 Å². The van der Waals surface area contributed by atoms with E-state index >= 15 is 0 Å². The fraction of sp³-hybridized carbons (Fsp3) is 0.385. The van der Waals surface area contributed by atoms with Gasteiger partial charge in [-0.2, -0.15) is 4.98 Å². The van der Waals surface area contributed by atoms with Gasteiger partial charge in [-0.25, -0.2) is 13.2 Å². The molecule has 1 aromatic heterocycles. The first-order chi connectivity index (χ1) is 9.52. The van der Waals surface area contributed by atoms with Crippen LogP contribution in [0.4, 0.5) is 13.2 Å². The maximum absolute atomic E-state index is 13.1. The van der Waals surface area contributed by atoms with Gasteiger partial charge in [-0.3, -0.25) is 5.32 Å². The van der Waals surface area contributed by atoms with Crippen LogP contribution in [0.5, 0.6) is 0 Å². The largest absolute Gasteiger partial charge is 0.338 e. The zero-order valence-corrected chi connectivity index (χ0v) is 10.4. The SMILES string of the molecule is Fc1cccc(Cc2noc(C3CC(F)(F)CN3)n2)c1. The molecule has 0 saturated carbocycles. The van der Waals surface area contributed by atoms with Crippen LogP contribution in [-0.2, 0) is 6.42 Å². The smallest absolute Gasteiger partial charge is 0.262 e. The number of aromatic nitrogens is 2. The van der Waals surface area contributed by atoms with Crippen molar-refractivity contribution in [1.82, 2.24) is 15.5 Å². The normalized spacial score (nSPS) is 21.2. The van der Waals surface area contributed by atoms with Crippen molar-refractivity contribution < 1.29 is 17.7 Å². The average Bonchev–Trinajstić information content (AvgIpc) is 2.96. The van der Waals surface area contributed by atoms with E-state index in [-0.39, 0.29) is 24.7 Å². The summed E-state index contributed by atoms with van der Waals surface area (Å²) < 4.78 is 44.2. The molecule has 20 heavy (non-hydrogen) atoms. The molecule has 0 spiro atoms. The molecule has 1 aromatic carbocycles. The molecule has 0 amide bonds. The number of hydrogen-bond acceptors (Lipinski definition) is 4. The van der Waals surface area contributed by atoms with Gasteiger partial charge in [0.05, 0.1) is 12.6 Å². The molecule has 1 atom stereocenters. The summed E-state index contributed by atoms with van der Waals surface area (Å²) in [4.78, 5) is 4.09. The Kier molecular flexibility index (Phi) is 3.21. The molecule has 2 aromatic rings. The fourth-order valence-electron chi connectivity index (χ4n) is 2.20. The van der Waals surface area contributed by atoms with Crippen LogP contribution in [0.1, 0.15) is 29.7 Å². The van der Waals surface area contributed by atoms with Gasteiger partial charge in [-0.1, -0.05) is 17.3 Å². The van der Waals surface area contributed by atoms with Gasteiger partial charge >= 0.3 is 0 Å². The maximum atomic E-state index is 13.1. The Bertz CT molecular complexity index is 614. The molecule has 0 bridgehead atoms. The van der Waals surface area contributed by atoms with Crippen LogP contribution in [0.25, 0.3) is 0 Å². The highest BCUT2D eigenvalue weighted by atomic mass is 19.3. The Labute approximate surface area is 113 Å². The summed E-state index contributed by atoms with van der Waals surface area (Å²) in [6, 6.07) is 5.42. The molecule has 7 heteroatoms. The van der Waals surface area contributed by atoms with E-state index in [1.165, 1.54) is 12.1 Å². The zero-order chi connectivity index (χ0) is 14.2. The number of halogens is 3. The first kappa shape index (κ1) is 13.1. The number of hydrogen-bond donors (Lipinski definition) is 1. The molecular formula is C13H12F3N3O. The summed E-state index contributed by atoms with van der Waals surface area (Å²) in [6.45, 7) is -0.390. The molecule has 0 radical (unpaired) electrons. The second-order valence-electron chi connectivity index (χ2n) is 4.85. The lowest BCUT2D eigenvalue weighted by Gasteiger charge is -2.04. The van der Waals surface area contributed by atoms with Crippen molar-refractivity contribution in [3.05, 3.63) is 47.4 Å². The van der Waals surface area contributed by atoms with Crippen molar-refractivity contribution in [2.45, 2.75) is 24.8 Å². The minimum Gasteiger partial charge on any atom is -0.338 e. The summed E-state index contributed by atoms with van der Waals surface area (Å²) in [5, 5.41) is 6.38. The van der Waals surface area contributed by atoms with Gasteiger partial charge in [-0.15, -0.1) is 0 Å². The molecule has 1 fully saturated rings. The van der Waals surface area contributed by atoms with Crippen molar-refractivity contribution in [3.8, 4) is 0 Å². The van der Waals surface area contributed by atoms with E-state index in [0.29, 0.717) is 17.8 Å². The molecule has 1 N–H and O–H groups in total. The van der Waals surface area contributed by atoms with Gasteiger partial charge in [0.1, 0.15) is 5.82 Å². The highest BCUT2D eigenvalue weighted by molar-refractivity contribution is 5.19. The van der Waals surface area contributed by atoms with E-state index in [9.17, 15) is 13.2 Å². The lowest BCUT2D eigenvalue weighted by molar-refractivity contribution is 0.0200. The molecule has 0 aliphatic carbocycles. The Morgan fingerprint density at radius 1 is 1.40 bits per heavy atom. The molecule has 106 valence electrons. The first-order valence-corrected chi connectivity index (χ1v) is 6.20. The molecule has 3 rings (SSSR count). The topological polar surface area (TPSA) is 51.0 Å². The minimum atomic E-state index is -2.75. The van der Waals surface area contributed by atoms with Crippen molar-refractivity contribution in [2.24, 2.45) is 0 Å². The second-order valence-corrected chi connectivity index (χ2v) is 4.85. The van der Waals surface area contributed by atoms with Crippen LogP contribution < -0.4 is 5.32 Å². The van der Waals surface area contributed by atoms with Crippen LogP contribution in [0.3, 0.4) is 0 Å². The average molecular weight is 283 g/mol. The molecular weight excluding hydrogens is 271 g/mol. The highest BCUT2D eigenvalue weighted by Crippen LogP contribution is 2.33. The highest BCUT2D eigenvalue weighted by Gasteiger charge is 2.42. The summed E-state index contributed by atoms with van der Waals surface area (Å²) in [6.07, 6.45) is -0.0566. The van der Waals surface area contributed by atoms with Crippen LogP contribution in [0.15, 0.2) is 28.8 Å². The van der Waals surface area contributed by atoms with Crippen LogP contribution in [0, 0.1) is 5.82 Å². The minimum absolute atomic E-state index is 0.147. The third-order valence-electron chi connectivity index (χ3n) is 3.14. The summed E-state index contributed by atoms with van der Waals surface area (Å²) in [7, 11) is 0. The molecule has 1 saturated heterocycles. The monoisotopic (exact) mass is 283 g/mol. The predicted octanol–water partition coefficient (Wildman–Crippen LogP) is 2.47. The lowest BCUT2D eigenvalue weighted by atomic mass is 10.1. The molecule has 1 aliphatic heterocycles. The molecule has 1 unspecified atom stereocenters. The summed E-state index contributed by atoms with van der Waals surface area (Å²) in [5.41, 5.74) is 0.696. The Morgan fingerprint density at radius 3 is 2.95 bits per heavy atom. The van der Waals surface area contributed by atoms with E-state index in [2.05, 4.69) is 15.5 Å². The van der Waals surface area contributed by atoms with Gasteiger partial charge in [0.2, 0.25) is 5.89 Å². The number of alkyl halides is 2. The van der Waals surface area contributed by atoms with Crippen LogP contribution in [0.2, 0.25) is 0 Å². The van der Waals surface area contributed by atoms with E-state index < -0.39 is 12.0 Å². The Hall–Kier alpha value is -1.89. The molecule has 2 heterocycles. The van der Waals surface area contributed by atoms with E-state index in [1.54, 1.807) is 12.1 Å². The molecule has 1 aliphatic rings. The number of nitrogens with zero attached hydrogens (tertiary/aromatic N) is 2. The lowest BCUT2D eigenvalue weighted by Crippen LogP contribution is -2.19. The van der Waals surface area contributed by atoms with Gasteiger partial charge in [-0.05, 0) is 17.7 Å². The van der Waals surface area contributed by atoms with E-state index in [0.717, 1.165) is 0 Å². The number of benzene rings is 1. The first-order valence-electron chi connectivity index (χ1n) is 6.20. The molecule has 4 nitrogen and oxygen atoms in total. The zero-order valence-electron chi connectivity index (χ0n) is 10.4. The van der Waals surface area contributed by atoms with Gasteiger partial charge < -0.3 is 4.52 Å². The summed E-state index contributed by atoms with van der Waals surface area (Å²) in [5.74, 6) is -2.60. The predicted molar refractivity (Wildman–Crippen MR) is 63.8 cm³/mol. The summed E-state index contributed by atoms with van der Waals surface area (Å²) >= 11 is 0.